The number of carbonyl (C=O) groups excluding carboxylic acids is 1. The highest BCUT2D eigenvalue weighted by Crippen LogP contribution is 2.37. The van der Waals surface area contributed by atoms with Crippen molar-refractivity contribution in [2.24, 2.45) is 11.7 Å². The molecule has 176 valence electrons. The molecule has 0 radical (unpaired) electrons. The highest BCUT2D eigenvalue weighted by Gasteiger charge is 2.25. The van der Waals surface area contributed by atoms with Gasteiger partial charge in [0.05, 0.1) is 17.7 Å². The molecule has 1 amide bonds. The van der Waals surface area contributed by atoms with Crippen LogP contribution in [0.25, 0.3) is 22.3 Å². The largest absolute Gasteiger partial charge is 0.493 e. The molecule has 3 aromatic rings. The van der Waals surface area contributed by atoms with Gasteiger partial charge in [0.2, 0.25) is 0 Å². The molecule has 1 aromatic carbocycles. The summed E-state index contributed by atoms with van der Waals surface area (Å²) in [5.74, 6) is 1.33. The van der Waals surface area contributed by atoms with Crippen molar-refractivity contribution in [1.29, 1.82) is 0 Å². The molecule has 0 spiro atoms. The minimum Gasteiger partial charge on any atom is -0.493 e. The first kappa shape index (κ1) is 23.5. The molecule has 1 saturated carbocycles. The highest BCUT2D eigenvalue weighted by atomic mass is 35.5. The Morgan fingerprint density at radius 2 is 2.00 bits per heavy atom. The number of aromatic nitrogens is 3. The summed E-state index contributed by atoms with van der Waals surface area (Å²) < 4.78 is 6.15. The van der Waals surface area contributed by atoms with Crippen molar-refractivity contribution in [2.45, 2.75) is 45.2 Å². The summed E-state index contributed by atoms with van der Waals surface area (Å²) in [4.78, 5) is 25.6. The van der Waals surface area contributed by atoms with Crippen LogP contribution in [0.1, 0.15) is 47.3 Å². The number of piperidine rings is 1. The third-order valence-corrected chi connectivity index (χ3v) is 6.38. The Hall–Kier alpha value is -2.68. The van der Waals surface area contributed by atoms with Crippen LogP contribution in [0.5, 0.6) is 5.75 Å². The number of aryl methyl sites for hydroxylation is 1. The Bertz CT molecular complexity index is 1140. The number of ether oxygens (including phenoxy) is 1. The van der Waals surface area contributed by atoms with E-state index >= 15 is 0 Å². The topological polar surface area (TPSA) is 118 Å². The van der Waals surface area contributed by atoms with Crippen LogP contribution in [-0.4, -0.2) is 46.6 Å². The van der Waals surface area contributed by atoms with Gasteiger partial charge in [0.25, 0.3) is 5.91 Å². The number of hydrogen-bond donors (Lipinski definition) is 4. The van der Waals surface area contributed by atoms with Crippen LogP contribution in [0.4, 0.5) is 0 Å². The minimum absolute atomic E-state index is 0. The molecule has 5 N–H and O–H groups in total. The summed E-state index contributed by atoms with van der Waals surface area (Å²) in [6.07, 6.45) is 5.83. The van der Waals surface area contributed by atoms with Crippen molar-refractivity contribution in [3.05, 3.63) is 41.3 Å². The molecule has 2 aromatic heterocycles. The number of amides is 1. The second-order valence-electron chi connectivity index (χ2n) is 8.86. The number of fused-ring (bicyclic) bond motifs is 1. The van der Waals surface area contributed by atoms with Gasteiger partial charge < -0.3 is 26.1 Å². The van der Waals surface area contributed by atoms with Crippen molar-refractivity contribution in [3.63, 3.8) is 0 Å². The second kappa shape index (κ2) is 10.1. The van der Waals surface area contributed by atoms with Gasteiger partial charge in [0.1, 0.15) is 23.3 Å². The highest BCUT2D eigenvalue weighted by molar-refractivity contribution is 6.09. The molecule has 1 aliphatic carbocycles. The van der Waals surface area contributed by atoms with Gasteiger partial charge in [-0.3, -0.25) is 4.79 Å². The lowest BCUT2D eigenvalue weighted by Crippen LogP contribution is -2.42. The van der Waals surface area contributed by atoms with Crippen LogP contribution in [0, 0.1) is 12.8 Å². The third kappa shape index (κ3) is 4.98. The van der Waals surface area contributed by atoms with Crippen molar-refractivity contribution >= 4 is 29.3 Å². The van der Waals surface area contributed by atoms with Crippen molar-refractivity contribution in [3.8, 4) is 17.0 Å². The van der Waals surface area contributed by atoms with E-state index in [1.165, 1.54) is 19.2 Å². The average molecular weight is 471 g/mol. The van der Waals surface area contributed by atoms with Crippen LogP contribution >= 0.6 is 12.4 Å². The SMILES string of the molecule is Cc1[nH]c2c(-c3cc(CN)ccc3OCC3CC3)ncnc2c1C(=O)NC1CCNCC1.Cl. The van der Waals surface area contributed by atoms with Crippen LogP contribution in [0.3, 0.4) is 0 Å². The smallest absolute Gasteiger partial charge is 0.255 e. The molecular weight excluding hydrogens is 440 g/mol. The van der Waals surface area contributed by atoms with Gasteiger partial charge >= 0.3 is 0 Å². The molecule has 2 fully saturated rings. The normalized spacial score (nSPS) is 16.4. The Morgan fingerprint density at radius 1 is 1.21 bits per heavy atom. The molecule has 33 heavy (non-hydrogen) atoms. The van der Waals surface area contributed by atoms with Crippen molar-refractivity contribution in [1.82, 2.24) is 25.6 Å². The molecule has 0 atom stereocenters. The molecule has 8 nitrogen and oxygen atoms in total. The zero-order chi connectivity index (χ0) is 22.1. The molecular formula is C24H31ClN6O2. The summed E-state index contributed by atoms with van der Waals surface area (Å²) in [6.45, 7) is 4.88. The zero-order valence-corrected chi connectivity index (χ0v) is 19.6. The van der Waals surface area contributed by atoms with Gasteiger partial charge in [-0.05, 0) is 69.3 Å². The van der Waals surface area contributed by atoms with Gasteiger partial charge in [-0.15, -0.1) is 12.4 Å². The fourth-order valence-corrected chi connectivity index (χ4v) is 4.33. The number of carbonyl (C=O) groups is 1. The molecule has 1 aliphatic heterocycles. The summed E-state index contributed by atoms with van der Waals surface area (Å²) in [7, 11) is 0. The first-order chi connectivity index (χ1) is 15.6. The van der Waals surface area contributed by atoms with Gasteiger partial charge in [0.15, 0.2) is 0 Å². The molecule has 1 saturated heterocycles. The molecule has 0 unspecified atom stereocenters. The van der Waals surface area contributed by atoms with Crippen LogP contribution < -0.4 is 21.1 Å². The Labute approximate surface area is 199 Å². The number of rotatable bonds is 7. The zero-order valence-electron chi connectivity index (χ0n) is 18.8. The van der Waals surface area contributed by atoms with Gasteiger partial charge in [-0.2, -0.15) is 0 Å². The van der Waals surface area contributed by atoms with Gasteiger partial charge in [-0.1, -0.05) is 6.07 Å². The van der Waals surface area contributed by atoms with Crippen molar-refractivity contribution < 1.29 is 9.53 Å². The van der Waals surface area contributed by atoms with Crippen molar-refractivity contribution in [2.75, 3.05) is 19.7 Å². The lowest BCUT2D eigenvalue weighted by Gasteiger charge is -2.23. The lowest BCUT2D eigenvalue weighted by molar-refractivity contribution is 0.0930. The number of aromatic amines is 1. The second-order valence-corrected chi connectivity index (χ2v) is 8.86. The summed E-state index contributed by atoms with van der Waals surface area (Å²) in [5, 5.41) is 6.51. The maximum absolute atomic E-state index is 13.2. The standard InChI is InChI=1S/C24H30N6O2.ClH/c1-14-20(24(31)30-17-6-8-26-9-7-17)22-23(29-14)21(27-13-28-22)18-10-16(11-25)4-5-19(18)32-12-15-2-3-15;/h4-5,10,13,15,17,26,29H,2-3,6-9,11-12,25H2,1H3,(H,30,31);1H. The number of nitrogens with zero attached hydrogens (tertiary/aromatic N) is 2. The Morgan fingerprint density at radius 3 is 2.73 bits per heavy atom. The first-order valence-electron chi connectivity index (χ1n) is 11.4. The molecule has 0 bridgehead atoms. The van der Waals surface area contributed by atoms with Gasteiger partial charge in [0, 0.05) is 23.8 Å². The van der Waals surface area contributed by atoms with E-state index in [2.05, 4.69) is 25.6 Å². The number of halogens is 1. The summed E-state index contributed by atoms with van der Waals surface area (Å²) >= 11 is 0. The Balaban J connectivity index is 0.00000259. The predicted molar refractivity (Wildman–Crippen MR) is 131 cm³/mol. The fourth-order valence-electron chi connectivity index (χ4n) is 4.33. The number of nitrogens with one attached hydrogen (secondary N) is 3. The average Bonchev–Trinajstić information content (AvgIpc) is 3.58. The maximum atomic E-state index is 13.2. The maximum Gasteiger partial charge on any atom is 0.255 e. The number of hydrogen-bond acceptors (Lipinski definition) is 6. The lowest BCUT2D eigenvalue weighted by atomic mass is 10.0. The number of H-pyrrole nitrogens is 1. The summed E-state index contributed by atoms with van der Waals surface area (Å²) in [5.41, 5.74) is 11.2. The predicted octanol–water partition coefficient (Wildman–Crippen LogP) is 3.08. The molecule has 2 aliphatic rings. The molecule has 9 heteroatoms. The van der Waals surface area contributed by atoms with Crippen LogP contribution in [-0.2, 0) is 6.54 Å². The van der Waals surface area contributed by atoms with Crippen LogP contribution in [0.2, 0.25) is 0 Å². The van der Waals surface area contributed by atoms with Crippen LogP contribution in [0.15, 0.2) is 24.5 Å². The van der Waals surface area contributed by atoms with E-state index in [0.29, 0.717) is 30.1 Å². The third-order valence-electron chi connectivity index (χ3n) is 6.38. The monoisotopic (exact) mass is 470 g/mol. The van der Waals surface area contributed by atoms with E-state index in [1.54, 1.807) is 0 Å². The van der Waals surface area contributed by atoms with E-state index < -0.39 is 0 Å². The number of benzene rings is 1. The fraction of sp³-hybridized carbons (Fsp3) is 0.458. The minimum atomic E-state index is -0.0915. The van der Waals surface area contributed by atoms with E-state index in [9.17, 15) is 4.79 Å². The quantitative estimate of drug-likeness (QED) is 0.421. The Kier molecular flexibility index (Phi) is 7.17. The number of nitrogens with two attached hydrogens (primary N) is 1. The molecule has 3 heterocycles. The summed E-state index contributed by atoms with van der Waals surface area (Å²) in [6, 6.07) is 6.16. The van der Waals surface area contributed by atoms with E-state index in [4.69, 9.17) is 10.5 Å². The van der Waals surface area contributed by atoms with E-state index in [0.717, 1.165) is 59.7 Å². The van der Waals surface area contributed by atoms with E-state index in [1.807, 2.05) is 25.1 Å². The molecule has 5 rings (SSSR count). The van der Waals surface area contributed by atoms with Gasteiger partial charge in [-0.25, -0.2) is 9.97 Å². The first-order valence-corrected chi connectivity index (χ1v) is 11.4. The van der Waals surface area contributed by atoms with E-state index in [-0.39, 0.29) is 24.4 Å².